The van der Waals surface area contributed by atoms with E-state index < -0.39 is 17.6 Å². The fraction of sp³-hybridized carbons (Fsp3) is 0.267. The van der Waals surface area contributed by atoms with E-state index in [1.54, 1.807) is 42.7 Å². The minimum atomic E-state index is -2.81. The molecule has 0 spiro atoms. The van der Waals surface area contributed by atoms with Crippen LogP contribution in [0.2, 0.25) is 0 Å². The number of pyridine rings is 2. The van der Waals surface area contributed by atoms with Crippen LogP contribution in [0.15, 0.2) is 97.6 Å². The zero-order valence-corrected chi connectivity index (χ0v) is 28.3. The first kappa shape index (κ1) is 35.7. The summed E-state index contributed by atoms with van der Waals surface area (Å²) in [6.45, 7) is 1.52. The molecule has 42 heavy (non-hydrogen) atoms. The van der Waals surface area contributed by atoms with Gasteiger partial charge in [-0.3, -0.25) is 0 Å². The Bertz CT molecular complexity index is 1230. The highest BCUT2D eigenvalue weighted by Crippen LogP contribution is 2.16. The number of aromatic nitrogens is 2. The topological polar surface area (TPSA) is 63.1 Å². The van der Waals surface area contributed by atoms with Crippen LogP contribution >= 0.6 is 0 Å². The second-order valence-electron chi connectivity index (χ2n) is 9.25. The Morgan fingerprint density at radius 2 is 0.690 bits per heavy atom. The molecule has 0 fully saturated rings. The van der Waals surface area contributed by atoms with Crippen LogP contribution in [0.4, 0.5) is 0 Å². The summed E-state index contributed by atoms with van der Waals surface area (Å²) in [4.78, 5) is 0. The SMILES string of the molecule is CO[Si](OC)(OC)c1ccc(C[n+]2ccc(-c3cc[n+](Cc4ccc([Si](OC)(OC)OC)cc4)cc3)cc2)cc1.[Cl-].[Cl-]. The molecule has 12 heteroatoms. The van der Waals surface area contributed by atoms with Crippen LogP contribution in [-0.4, -0.2) is 60.3 Å². The van der Waals surface area contributed by atoms with Crippen LogP contribution in [0.25, 0.3) is 11.1 Å². The predicted octanol–water partition coefficient (Wildman–Crippen LogP) is -3.80. The van der Waals surface area contributed by atoms with Gasteiger partial charge in [-0.2, -0.15) is 0 Å². The molecule has 0 unspecified atom stereocenters. The smallest absolute Gasteiger partial charge is 0.536 e. The first-order chi connectivity index (χ1) is 19.4. The summed E-state index contributed by atoms with van der Waals surface area (Å²) in [6, 6.07) is 25.0. The molecule has 0 N–H and O–H groups in total. The van der Waals surface area contributed by atoms with Crippen molar-refractivity contribution < 1.29 is 60.5 Å². The van der Waals surface area contributed by atoms with E-state index in [0.717, 1.165) is 23.5 Å². The van der Waals surface area contributed by atoms with Crippen LogP contribution in [-0.2, 0) is 39.6 Å². The average molecular weight is 650 g/mol. The Morgan fingerprint density at radius 1 is 0.429 bits per heavy atom. The molecular formula is C30H38Cl2N2O6Si2. The standard InChI is InChI=1S/C30H38N2O6Si2.2ClH/c1-33-39(34-2,35-3)29-11-7-25(8-12-29)23-31-19-15-27(16-20-31)28-17-21-32(22-18-28)24-26-9-13-30(14-10-26)40(36-4,37-5)38-6;;/h7-22H,23-24H2,1-6H3;2*1H/q+2;;/p-2. The van der Waals surface area contributed by atoms with Crippen molar-refractivity contribution in [3.63, 3.8) is 0 Å². The zero-order chi connectivity index (χ0) is 28.6. The molecule has 0 aliphatic rings. The van der Waals surface area contributed by atoms with Gasteiger partial charge in [-0.1, -0.05) is 48.5 Å². The zero-order valence-electron chi connectivity index (χ0n) is 24.8. The number of halogens is 2. The molecule has 0 saturated heterocycles. The number of benzene rings is 2. The first-order valence-electron chi connectivity index (χ1n) is 12.9. The highest BCUT2D eigenvalue weighted by molar-refractivity contribution is 6.75. The quantitative estimate of drug-likeness (QED) is 0.110. The Kier molecular flexibility index (Phi) is 13.9. The molecule has 4 aromatic rings. The summed E-state index contributed by atoms with van der Waals surface area (Å²) in [7, 11) is 4.09. The third-order valence-electron chi connectivity index (χ3n) is 7.07. The maximum atomic E-state index is 5.58. The van der Waals surface area contributed by atoms with E-state index in [1.165, 1.54) is 22.3 Å². The second kappa shape index (κ2) is 16.4. The van der Waals surface area contributed by atoms with Gasteiger partial charge >= 0.3 is 17.6 Å². The van der Waals surface area contributed by atoms with Crippen molar-refractivity contribution in [1.82, 2.24) is 0 Å². The minimum absolute atomic E-state index is 0. The largest absolute Gasteiger partial charge is 1.00 e. The van der Waals surface area contributed by atoms with Crippen molar-refractivity contribution in [1.29, 1.82) is 0 Å². The normalized spacial score (nSPS) is 11.5. The summed E-state index contributed by atoms with van der Waals surface area (Å²) in [5.41, 5.74) is 4.70. The molecule has 0 radical (unpaired) electrons. The van der Waals surface area contributed by atoms with E-state index in [0.29, 0.717) is 0 Å². The fourth-order valence-corrected chi connectivity index (χ4v) is 8.33. The van der Waals surface area contributed by atoms with Crippen LogP contribution in [0.5, 0.6) is 0 Å². The van der Waals surface area contributed by atoms with Crippen LogP contribution in [0.3, 0.4) is 0 Å². The van der Waals surface area contributed by atoms with Crippen molar-refractivity contribution >= 4 is 28.0 Å². The number of hydrogen-bond donors (Lipinski definition) is 0. The minimum Gasteiger partial charge on any atom is -1.00 e. The fourth-order valence-electron chi connectivity index (χ4n) is 4.77. The second-order valence-corrected chi connectivity index (χ2v) is 15.1. The highest BCUT2D eigenvalue weighted by atomic mass is 35.5. The van der Waals surface area contributed by atoms with Gasteiger partial charge in [0.05, 0.1) is 0 Å². The lowest BCUT2D eigenvalue weighted by Crippen LogP contribution is -3.00. The number of nitrogens with zero attached hydrogens (tertiary/aromatic N) is 2. The van der Waals surface area contributed by atoms with Crippen molar-refractivity contribution in [2.24, 2.45) is 0 Å². The Labute approximate surface area is 263 Å². The van der Waals surface area contributed by atoms with Gasteiger partial charge in [0.15, 0.2) is 37.9 Å². The van der Waals surface area contributed by atoms with Crippen molar-refractivity contribution in [2.45, 2.75) is 13.1 Å². The van der Waals surface area contributed by atoms with E-state index in [4.69, 9.17) is 26.6 Å². The van der Waals surface area contributed by atoms with Gasteiger partial charge in [0, 0.05) is 88.4 Å². The lowest BCUT2D eigenvalue weighted by Gasteiger charge is -2.24. The summed E-state index contributed by atoms with van der Waals surface area (Å²) < 4.78 is 37.8. The molecule has 0 amide bonds. The summed E-state index contributed by atoms with van der Waals surface area (Å²) >= 11 is 0. The first-order valence-corrected chi connectivity index (χ1v) is 16.4. The molecule has 0 aliphatic carbocycles. The Morgan fingerprint density at radius 3 is 0.929 bits per heavy atom. The molecule has 4 rings (SSSR count). The van der Waals surface area contributed by atoms with E-state index in [1.807, 2.05) is 24.3 Å². The molecule has 2 aromatic heterocycles. The highest BCUT2D eigenvalue weighted by Gasteiger charge is 2.41. The molecule has 0 atom stereocenters. The molecule has 0 bridgehead atoms. The number of rotatable bonds is 13. The molecule has 0 saturated carbocycles. The Balaban J connectivity index is 0.00000308. The van der Waals surface area contributed by atoms with E-state index in [2.05, 4.69) is 82.5 Å². The maximum absolute atomic E-state index is 5.58. The van der Waals surface area contributed by atoms with Crippen LogP contribution in [0.1, 0.15) is 11.1 Å². The molecule has 2 aromatic carbocycles. The van der Waals surface area contributed by atoms with Crippen molar-refractivity contribution in [3.05, 3.63) is 109 Å². The van der Waals surface area contributed by atoms with Gasteiger partial charge in [0.1, 0.15) is 0 Å². The monoisotopic (exact) mass is 648 g/mol. The van der Waals surface area contributed by atoms with Gasteiger partial charge in [0.2, 0.25) is 0 Å². The summed E-state index contributed by atoms with van der Waals surface area (Å²) in [6.07, 6.45) is 8.42. The van der Waals surface area contributed by atoms with Gasteiger partial charge in [-0.05, 0) is 11.1 Å². The van der Waals surface area contributed by atoms with Gasteiger partial charge in [0.25, 0.3) is 0 Å². The van der Waals surface area contributed by atoms with Crippen LogP contribution in [0, 0.1) is 0 Å². The van der Waals surface area contributed by atoms with Gasteiger partial charge in [-0.25, -0.2) is 9.13 Å². The lowest BCUT2D eigenvalue weighted by molar-refractivity contribution is -0.688. The maximum Gasteiger partial charge on any atom is 0.536 e. The third kappa shape index (κ3) is 7.91. The predicted molar refractivity (Wildman–Crippen MR) is 156 cm³/mol. The number of hydrogen-bond acceptors (Lipinski definition) is 6. The van der Waals surface area contributed by atoms with E-state index in [9.17, 15) is 0 Å². The van der Waals surface area contributed by atoms with Gasteiger partial charge in [-0.15, -0.1) is 0 Å². The molecule has 8 nitrogen and oxygen atoms in total. The summed E-state index contributed by atoms with van der Waals surface area (Å²) in [5, 5.41) is 1.88. The van der Waals surface area contributed by atoms with Gasteiger partial charge < -0.3 is 51.4 Å². The third-order valence-corrected chi connectivity index (χ3v) is 12.4. The molecule has 226 valence electrons. The molecular weight excluding hydrogens is 611 g/mol. The summed E-state index contributed by atoms with van der Waals surface area (Å²) in [5.74, 6) is 0. The lowest BCUT2D eigenvalue weighted by atomic mass is 10.1. The average Bonchev–Trinajstić information content (AvgIpc) is 3.02. The van der Waals surface area contributed by atoms with Crippen LogP contribution < -0.4 is 44.3 Å². The Hall–Kier alpha value is -2.49. The van der Waals surface area contributed by atoms with Crippen molar-refractivity contribution in [3.8, 4) is 11.1 Å². The van der Waals surface area contributed by atoms with Crippen molar-refractivity contribution in [2.75, 3.05) is 42.7 Å². The molecule has 0 aliphatic heterocycles. The molecule has 2 heterocycles. The van der Waals surface area contributed by atoms with E-state index >= 15 is 0 Å². The van der Waals surface area contributed by atoms with E-state index in [-0.39, 0.29) is 24.8 Å².